The van der Waals surface area contributed by atoms with Crippen molar-refractivity contribution in [2.24, 2.45) is 0 Å². The first kappa shape index (κ1) is 14.7. The first-order chi connectivity index (χ1) is 10.5. The van der Waals surface area contributed by atoms with Gasteiger partial charge in [-0.2, -0.15) is 5.10 Å². The third-order valence-corrected chi connectivity index (χ3v) is 5.38. The lowest BCUT2D eigenvalue weighted by Gasteiger charge is -2.07. The number of aromatic nitrogens is 3. The monoisotopic (exact) mass is 331 g/mol. The first-order valence-electron chi connectivity index (χ1n) is 6.53. The van der Waals surface area contributed by atoms with Gasteiger partial charge in [-0.05, 0) is 55.5 Å². The molecular weight excluding hydrogens is 318 g/mol. The number of hydrogen-bond acceptors (Lipinski definition) is 4. The van der Waals surface area contributed by atoms with E-state index in [4.69, 9.17) is 12.2 Å². The molecule has 3 aromatic rings. The number of aryl methyl sites for hydroxylation is 1. The van der Waals surface area contributed by atoms with E-state index >= 15 is 0 Å². The quantitative estimate of drug-likeness (QED) is 0.749. The van der Waals surface area contributed by atoms with Crippen molar-refractivity contribution in [3.8, 4) is 5.69 Å². The standard InChI is InChI=1S/C15H13N3O2S2/c1-11-2-6-13(7-3-11)22(19,20)14-8-4-12(5-9-14)18-10-16-17-15(18)21/h2-10H,1H3,(H,17,21). The van der Waals surface area contributed by atoms with Gasteiger partial charge in [-0.1, -0.05) is 17.7 Å². The highest BCUT2D eigenvalue weighted by Gasteiger charge is 2.17. The van der Waals surface area contributed by atoms with E-state index in [0.717, 1.165) is 11.3 Å². The van der Waals surface area contributed by atoms with Gasteiger partial charge < -0.3 is 0 Å². The van der Waals surface area contributed by atoms with E-state index in [9.17, 15) is 8.42 Å². The summed E-state index contributed by atoms with van der Waals surface area (Å²) >= 11 is 5.09. The molecule has 1 heterocycles. The Bertz CT molecular complexity index is 953. The van der Waals surface area contributed by atoms with Gasteiger partial charge in [0.15, 0.2) is 4.77 Å². The van der Waals surface area contributed by atoms with Gasteiger partial charge in [-0.15, -0.1) is 0 Å². The minimum absolute atomic E-state index is 0.245. The van der Waals surface area contributed by atoms with Crippen molar-refractivity contribution in [3.63, 3.8) is 0 Å². The normalized spacial score (nSPS) is 11.5. The molecule has 0 atom stereocenters. The predicted octanol–water partition coefficient (Wildman–Crippen LogP) is 3.07. The SMILES string of the molecule is Cc1ccc(S(=O)(=O)c2ccc(-n3cn[nH]c3=S)cc2)cc1. The number of nitrogens with one attached hydrogen (secondary N) is 1. The molecule has 0 aliphatic carbocycles. The van der Waals surface area contributed by atoms with Crippen LogP contribution in [-0.2, 0) is 9.84 Å². The van der Waals surface area contributed by atoms with Crippen molar-refractivity contribution in [1.82, 2.24) is 14.8 Å². The lowest BCUT2D eigenvalue weighted by Crippen LogP contribution is -2.02. The minimum Gasteiger partial charge on any atom is -0.275 e. The lowest BCUT2D eigenvalue weighted by molar-refractivity contribution is 0.596. The van der Waals surface area contributed by atoms with Crippen LogP contribution in [0.1, 0.15) is 5.56 Å². The van der Waals surface area contributed by atoms with E-state index in [0.29, 0.717) is 4.77 Å². The smallest absolute Gasteiger partial charge is 0.206 e. The molecular formula is C15H13N3O2S2. The van der Waals surface area contributed by atoms with E-state index in [1.54, 1.807) is 59.4 Å². The summed E-state index contributed by atoms with van der Waals surface area (Å²) in [6.07, 6.45) is 1.55. The molecule has 3 rings (SSSR count). The zero-order valence-corrected chi connectivity index (χ0v) is 13.4. The fraction of sp³-hybridized carbons (Fsp3) is 0.0667. The molecule has 1 N–H and O–H groups in total. The van der Waals surface area contributed by atoms with E-state index in [-0.39, 0.29) is 9.79 Å². The number of aromatic amines is 1. The molecule has 0 spiro atoms. The topological polar surface area (TPSA) is 67.8 Å². The third-order valence-electron chi connectivity index (χ3n) is 3.31. The van der Waals surface area contributed by atoms with Crippen LogP contribution in [0.25, 0.3) is 5.69 Å². The van der Waals surface area contributed by atoms with Gasteiger partial charge in [-0.3, -0.25) is 9.67 Å². The van der Waals surface area contributed by atoms with Crippen LogP contribution < -0.4 is 0 Å². The first-order valence-corrected chi connectivity index (χ1v) is 8.42. The molecule has 0 unspecified atom stereocenters. The zero-order valence-electron chi connectivity index (χ0n) is 11.7. The summed E-state index contributed by atoms with van der Waals surface area (Å²) in [5.74, 6) is 0. The molecule has 0 saturated carbocycles. The molecule has 0 aliphatic rings. The van der Waals surface area contributed by atoms with Gasteiger partial charge in [0.1, 0.15) is 6.33 Å². The van der Waals surface area contributed by atoms with Crippen LogP contribution in [0.4, 0.5) is 0 Å². The Kier molecular flexibility index (Phi) is 3.67. The Balaban J connectivity index is 2.00. The number of benzene rings is 2. The van der Waals surface area contributed by atoms with Crippen LogP contribution in [0.2, 0.25) is 0 Å². The van der Waals surface area contributed by atoms with Gasteiger partial charge in [0, 0.05) is 5.69 Å². The summed E-state index contributed by atoms with van der Waals surface area (Å²) in [5.41, 5.74) is 1.77. The van der Waals surface area contributed by atoms with Gasteiger partial charge >= 0.3 is 0 Å². The van der Waals surface area contributed by atoms with Gasteiger partial charge in [0.05, 0.1) is 9.79 Å². The van der Waals surface area contributed by atoms with Crippen LogP contribution in [0.15, 0.2) is 64.6 Å². The van der Waals surface area contributed by atoms with E-state index in [2.05, 4.69) is 10.2 Å². The molecule has 5 nitrogen and oxygen atoms in total. The van der Waals surface area contributed by atoms with Crippen molar-refractivity contribution in [2.45, 2.75) is 16.7 Å². The molecule has 7 heteroatoms. The van der Waals surface area contributed by atoms with Crippen LogP contribution in [-0.4, -0.2) is 23.2 Å². The summed E-state index contributed by atoms with van der Waals surface area (Å²) in [6.45, 7) is 1.92. The van der Waals surface area contributed by atoms with E-state index < -0.39 is 9.84 Å². The second-order valence-electron chi connectivity index (χ2n) is 4.84. The lowest BCUT2D eigenvalue weighted by atomic mass is 10.2. The summed E-state index contributed by atoms with van der Waals surface area (Å²) < 4.78 is 27.2. The van der Waals surface area contributed by atoms with E-state index in [1.165, 1.54) is 0 Å². The zero-order chi connectivity index (χ0) is 15.7. The number of sulfone groups is 1. The molecule has 2 aromatic carbocycles. The van der Waals surface area contributed by atoms with Gasteiger partial charge in [-0.25, -0.2) is 8.42 Å². The second-order valence-corrected chi connectivity index (χ2v) is 7.18. The van der Waals surface area contributed by atoms with Crippen molar-refractivity contribution in [1.29, 1.82) is 0 Å². The molecule has 0 fully saturated rings. The molecule has 0 saturated heterocycles. The Hall–Kier alpha value is -2.25. The molecule has 1 aromatic heterocycles. The molecule has 112 valence electrons. The molecule has 22 heavy (non-hydrogen) atoms. The average molecular weight is 331 g/mol. The summed E-state index contributed by atoms with van der Waals surface area (Å²) in [4.78, 5) is 0.529. The van der Waals surface area contributed by atoms with Crippen LogP contribution in [0.3, 0.4) is 0 Å². The maximum absolute atomic E-state index is 12.6. The number of rotatable bonds is 3. The molecule has 0 bridgehead atoms. The Morgan fingerprint density at radius 3 is 2.05 bits per heavy atom. The molecule has 0 radical (unpaired) electrons. The van der Waals surface area contributed by atoms with Gasteiger partial charge in [0.2, 0.25) is 9.84 Å². The largest absolute Gasteiger partial charge is 0.275 e. The number of hydrogen-bond donors (Lipinski definition) is 1. The van der Waals surface area contributed by atoms with Gasteiger partial charge in [0.25, 0.3) is 0 Å². The fourth-order valence-corrected chi connectivity index (χ4v) is 3.54. The summed E-state index contributed by atoms with van der Waals surface area (Å²) in [5, 5.41) is 6.49. The summed E-state index contributed by atoms with van der Waals surface area (Å²) in [6, 6.07) is 13.3. The highest BCUT2D eigenvalue weighted by Crippen LogP contribution is 2.22. The summed E-state index contributed by atoms with van der Waals surface area (Å²) in [7, 11) is -3.51. The maximum Gasteiger partial charge on any atom is 0.206 e. The van der Waals surface area contributed by atoms with Crippen LogP contribution in [0.5, 0.6) is 0 Å². The maximum atomic E-state index is 12.6. The minimum atomic E-state index is -3.51. The third kappa shape index (κ3) is 2.60. The second kappa shape index (κ2) is 5.51. The van der Waals surface area contributed by atoms with Crippen LogP contribution in [0, 0.1) is 11.7 Å². The molecule has 0 aliphatic heterocycles. The van der Waals surface area contributed by atoms with Crippen molar-refractivity contribution in [3.05, 3.63) is 65.2 Å². The molecule has 0 amide bonds. The van der Waals surface area contributed by atoms with Crippen molar-refractivity contribution < 1.29 is 8.42 Å². The fourth-order valence-electron chi connectivity index (χ4n) is 2.07. The Labute approximate surface area is 133 Å². The highest BCUT2D eigenvalue weighted by molar-refractivity contribution is 7.91. The Morgan fingerprint density at radius 2 is 1.55 bits per heavy atom. The van der Waals surface area contributed by atoms with E-state index in [1.807, 2.05) is 6.92 Å². The van der Waals surface area contributed by atoms with Crippen molar-refractivity contribution in [2.75, 3.05) is 0 Å². The number of H-pyrrole nitrogens is 1. The van der Waals surface area contributed by atoms with Crippen molar-refractivity contribution >= 4 is 22.1 Å². The number of nitrogens with zero attached hydrogens (tertiary/aromatic N) is 2. The average Bonchev–Trinajstić information content (AvgIpc) is 2.94. The Morgan fingerprint density at radius 1 is 1.00 bits per heavy atom. The van der Waals surface area contributed by atoms with Crippen LogP contribution >= 0.6 is 12.2 Å². The predicted molar refractivity (Wildman–Crippen MR) is 85.4 cm³/mol. The highest BCUT2D eigenvalue weighted by atomic mass is 32.2.